The van der Waals surface area contributed by atoms with Crippen molar-refractivity contribution in [2.24, 2.45) is 7.05 Å². The summed E-state index contributed by atoms with van der Waals surface area (Å²) < 4.78 is 4.04. The molecule has 0 bridgehead atoms. The number of rotatable bonds is 6. The van der Waals surface area contributed by atoms with Crippen LogP contribution >= 0.6 is 0 Å². The van der Waals surface area contributed by atoms with Crippen molar-refractivity contribution in [3.63, 3.8) is 0 Å². The van der Waals surface area contributed by atoms with E-state index >= 15 is 0 Å². The van der Waals surface area contributed by atoms with Gasteiger partial charge in [0.25, 0.3) is 0 Å². The fourth-order valence-electron chi connectivity index (χ4n) is 3.78. The van der Waals surface area contributed by atoms with Gasteiger partial charge in [-0.3, -0.25) is 9.78 Å². The minimum absolute atomic E-state index is 0.203. The van der Waals surface area contributed by atoms with E-state index in [9.17, 15) is 4.79 Å². The van der Waals surface area contributed by atoms with E-state index in [1.54, 1.807) is 18.7 Å². The van der Waals surface area contributed by atoms with Crippen molar-refractivity contribution in [1.29, 1.82) is 0 Å². The Labute approximate surface area is 164 Å². The molecule has 146 valence electrons. The molecule has 4 heterocycles. The number of imidazole rings is 1. The van der Waals surface area contributed by atoms with Gasteiger partial charge in [-0.05, 0) is 30.9 Å². The number of hydrogen-bond acceptors (Lipinski definition) is 5. The Balaban J connectivity index is 1.38. The van der Waals surface area contributed by atoms with Crippen LogP contribution in [0.3, 0.4) is 0 Å². The Morgan fingerprint density at radius 2 is 2.18 bits per heavy atom. The van der Waals surface area contributed by atoms with Crippen LogP contribution in [-0.2, 0) is 24.8 Å². The van der Waals surface area contributed by atoms with Crippen molar-refractivity contribution in [3.05, 3.63) is 60.5 Å². The molecule has 0 aromatic carbocycles. The van der Waals surface area contributed by atoms with Crippen LogP contribution in [0.1, 0.15) is 42.4 Å². The molecule has 1 atom stereocenters. The first kappa shape index (κ1) is 18.3. The Bertz CT molecular complexity index is 904. The molecule has 8 nitrogen and oxygen atoms in total. The van der Waals surface area contributed by atoms with E-state index < -0.39 is 0 Å². The van der Waals surface area contributed by atoms with Crippen LogP contribution in [0, 0.1) is 0 Å². The van der Waals surface area contributed by atoms with E-state index in [1.807, 2.05) is 41.0 Å². The zero-order valence-corrected chi connectivity index (χ0v) is 16.1. The lowest BCUT2D eigenvalue weighted by atomic mass is 9.96. The van der Waals surface area contributed by atoms with Gasteiger partial charge in [-0.2, -0.15) is 0 Å². The maximum Gasteiger partial charge on any atom is 0.222 e. The number of aromatic nitrogens is 6. The highest BCUT2D eigenvalue weighted by molar-refractivity contribution is 5.76. The molecule has 0 N–H and O–H groups in total. The van der Waals surface area contributed by atoms with E-state index in [2.05, 4.69) is 24.7 Å². The van der Waals surface area contributed by atoms with Crippen LogP contribution in [0.4, 0.5) is 0 Å². The summed E-state index contributed by atoms with van der Waals surface area (Å²) in [6.45, 7) is 2.18. The van der Waals surface area contributed by atoms with Crippen molar-refractivity contribution in [3.8, 4) is 0 Å². The molecule has 4 rings (SSSR count). The first-order valence-electron chi connectivity index (χ1n) is 9.71. The Hall–Kier alpha value is -3.03. The Morgan fingerprint density at radius 3 is 2.96 bits per heavy atom. The van der Waals surface area contributed by atoms with Crippen LogP contribution in [0.5, 0.6) is 0 Å². The van der Waals surface area contributed by atoms with Crippen LogP contribution in [0.2, 0.25) is 0 Å². The molecule has 1 fully saturated rings. The summed E-state index contributed by atoms with van der Waals surface area (Å²) in [6, 6.07) is 3.92. The molecular formula is C20H25N7O. The van der Waals surface area contributed by atoms with E-state index in [0.29, 0.717) is 19.5 Å². The summed E-state index contributed by atoms with van der Waals surface area (Å²) in [7, 11) is 2.00. The number of aryl methyl sites for hydroxylation is 1. The molecule has 0 unspecified atom stereocenters. The number of amides is 1. The normalized spacial score (nSPS) is 17.0. The van der Waals surface area contributed by atoms with Gasteiger partial charge in [0.15, 0.2) is 5.82 Å². The second-order valence-corrected chi connectivity index (χ2v) is 7.31. The largest absolute Gasteiger partial charge is 0.342 e. The molecule has 3 aromatic rings. The molecule has 8 heteroatoms. The highest BCUT2D eigenvalue weighted by Crippen LogP contribution is 2.26. The summed E-state index contributed by atoms with van der Waals surface area (Å²) in [4.78, 5) is 22.9. The average Bonchev–Trinajstić information content (AvgIpc) is 3.38. The van der Waals surface area contributed by atoms with Gasteiger partial charge in [0, 0.05) is 57.3 Å². The molecule has 1 aliphatic rings. The highest BCUT2D eigenvalue weighted by atomic mass is 16.2. The van der Waals surface area contributed by atoms with Gasteiger partial charge in [0.1, 0.15) is 5.82 Å². The van der Waals surface area contributed by atoms with E-state index in [0.717, 1.165) is 43.0 Å². The third-order valence-electron chi connectivity index (χ3n) is 5.37. The third kappa shape index (κ3) is 4.11. The summed E-state index contributed by atoms with van der Waals surface area (Å²) in [5, 5.41) is 8.81. The second kappa shape index (κ2) is 8.33. The van der Waals surface area contributed by atoms with Crippen LogP contribution in [0.15, 0.2) is 43.2 Å². The van der Waals surface area contributed by atoms with Gasteiger partial charge in [-0.25, -0.2) is 4.98 Å². The van der Waals surface area contributed by atoms with Gasteiger partial charge in [-0.15, -0.1) is 10.2 Å². The molecule has 0 radical (unpaired) electrons. The van der Waals surface area contributed by atoms with Crippen LogP contribution in [-0.4, -0.2) is 53.2 Å². The molecule has 0 spiro atoms. The van der Waals surface area contributed by atoms with Gasteiger partial charge in [0.2, 0.25) is 5.91 Å². The number of hydrogen-bond donors (Lipinski definition) is 0. The van der Waals surface area contributed by atoms with Crippen molar-refractivity contribution in [2.75, 3.05) is 13.1 Å². The van der Waals surface area contributed by atoms with Crippen LogP contribution in [0.25, 0.3) is 0 Å². The SMILES string of the molecule is Cn1c(Cn2ccnc2)nnc1[C@@H]1CCCN(C(=O)CCc2cccnc2)C1. The minimum Gasteiger partial charge on any atom is -0.342 e. The number of carbonyl (C=O) groups is 1. The summed E-state index contributed by atoms with van der Waals surface area (Å²) in [5.74, 6) is 2.28. The van der Waals surface area contributed by atoms with Gasteiger partial charge >= 0.3 is 0 Å². The third-order valence-corrected chi connectivity index (χ3v) is 5.37. The Kier molecular flexibility index (Phi) is 5.45. The van der Waals surface area contributed by atoms with Gasteiger partial charge < -0.3 is 14.0 Å². The number of pyridine rings is 1. The number of carbonyl (C=O) groups excluding carboxylic acids is 1. The summed E-state index contributed by atoms with van der Waals surface area (Å²) >= 11 is 0. The lowest BCUT2D eigenvalue weighted by Crippen LogP contribution is -2.39. The molecule has 0 saturated carbocycles. The topological polar surface area (TPSA) is 81.7 Å². The number of nitrogens with zero attached hydrogens (tertiary/aromatic N) is 7. The molecule has 1 aliphatic heterocycles. The zero-order valence-electron chi connectivity index (χ0n) is 16.1. The summed E-state index contributed by atoms with van der Waals surface area (Å²) in [6.07, 6.45) is 12.3. The lowest BCUT2D eigenvalue weighted by Gasteiger charge is -2.32. The van der Waals surface area contributed by atoms with Crippen molar-refractivity contribution < 1.29 is 4.79 Å². The minimum atomic E-state index is 0.203. The van der Waals surface area contributed by atoms with Crippen molar-refractivity contribution >= 4 is 5.91 Å². The molecule has 1 saturated heterocycles. The molecule has 0 aliphatic carbocycles. The fourth-order valence-corrected chi connectivity index (χ4v) is 3.78. The quantitative estimate of drug-likeness (QED) is 0.652. The first-order chi connectivity index (χ1) is 13.7. The summed E-state index contributed by atoms with van der Waals surface area (Å²) in [5.41, 5.74) is 1.10. The predicted octanol–water partition coefficient (Wildman–Crippen LogP) is 1.79. The highest BCUT2D eigenvalue weighted by Gasteiger charge is 2.28. The maximum atomic E-state index is 12.7. The molecular weight excluding hydrogens is 354 g/mol. The molecule has 1 amide bonds. The first-order valence-corrected chi connectivity index (χ1v) is 9.71. The predicted molar refractivity (Wildman–Crippen MR) is 103 cm³/mol. The average molecular weight is 379 g/mol. The number of piperidine rings is 1. The van der Waals surface area contributed by atoms with Gasteiger partial charge in [-0.1, -0.05) is 6.07 Å². The fraction of sp³-hybridized carbons (Fsp3) is 0.450. The van der Waals surface area contributed by atoms with E-state index in [-0.39, 0.29) is 11.8 Å². The van der Waals surface area contributed by atoms with Gasteiger partial charge in [0.05, 0.1) is 12.9 Å². The smallest absolute Gasteiger partial charge is 0.222 e. The second-order valence-electron chi connectivity index (χ2n) is 7.31. The number of likely N-dealkylation sites (tertiary alicyclic amines) is 1. The van der Waals surface area contributed by atoms with Crippen molar-refractivity contribution in [2.45, 2.75) is 38.1 Å². The maximum absolute atomic E-state index is 12.7. The van der Waals surface area contributed by atoms with E-state index in [4.69, 9.17) is 0 Å². The molecule has 28 heavy (non-hydrogen) atoms. The van der Waals surface area contributed by atoms with Crippen molar-refractivity contribution in [1.82, 2.24) is 34.2 Å². The lowest BCUT2D eigenvalue weighted by molar-refractivity contribution is -0.132. The standard InChI is InChI=1S/C20H25N7O/c1-25-18(14-26-11-9-22-15-26)23-24-20(25)17-5-3-10-27(13-17)19(28)7-6-16-4-2-8-21-12-16/h2,4,8-9,11-12,15,17H,3,5-7,10,13-14H2,1H3/t17-/m1/s1. The monoisotopic (exact) mass is 379 g/mol. The van der Waals surface area contributed by atoms with E-state index in [1.165, 1.54) is 0 Å². The Morgan fingerprint density at radius 1 is 1.25 bits per heavy atom. The molecule has 3 aromatic heterocycles. The zero-order chi connectivity index (χ0) is 19.3. The van der Waals surface area contributed by atoms with Crippen LogP contribution < -0.4 is 0 Å².